The number of amides is 1. The fourth-order valence-corrected chi connectivity index (χ4v) is 2.53. The maximum absolute atomic E-state index is 12.3. The van der Waals surface area contributed by atoms with Crippen molar-refractivity contribution in [3.63, 3.8) is 0 Å². The van der Waals surface area contributed by atoms with Crippen molar-refractivity contribution in [2.24, 2.45) is 23.7 Å². The lowest BCUT2D eigenvalue weighted by Crippen LogP contribution is -2.39. The normalized spacial score (nSPS) is 21.4. The van der Waals surface area contributed by atoms with Crippen LogP contribution in [-0.4, -0.2) is 35.5 Å². The molecule has 1 amide bonds. The number of nitrogens with zero attached hydrogens (tertiary/aromatic N) is 1. The highest BCUT2D eigenvalue weighted by molar-refractivity contribution is 5.80. The second-order valence-corrected chi connectivity index (χ2v) is 5.66. The van der Waals surface area contributed by atoms with Crippen LogP contribution in [0, 0.1) is 23.7 Å². The highest BCUT2D eigenvalue weighted by Crippen LogP contribution is 2.49. The Morgan fingerprint density at radius 2 is 1.71 bits per heavy atom. The molecule has 4 nitrogen and oxygen atoms in total. The van der Waals surface area contributed by atoms with Gasteiger partial charge in [0.2, 0.25) is 5.91 Å². The fourth-order valence-electron chi connectivity index (χ4n) is 2.53. The van der Waals surface area contributed by atoms with Crippen LogP contribution in [0.4, 0.5) is 0 Å². The van der Waals surface area contributed by atoms with Gasteiger partial charge in [0.25, 0.3) is 0 Å². The molecule has 1 N–H and O–H groups in total. The number of rotatable bonds is 6. The zero-order valence-corrected chi connectivity index (χ0v) is 10.6. The standard InChI is InChI=1S/C13H21NO3/c1-8(13(16)17)7-14(2)12(15)11(9-3-4-9)10-5-6-10/h8-11H,3-7H2,1-2H3,(H,16,17). The Morgan fingerprint density at radius 3 is 2.06 bits per heavy atom. The second kappa shape index (κ2) is 4.67. The lowest BCUT2D eigenvalue weighted by atomic mass is 9.96. The van der Waals surface area contributed by atoms with Crippen LogP contribution in [0.2, 0.25) is 0 Å². The maximum Gasteiger partial charge on any atom is 0.308 e. The third-order valence-electron chi connectivity index (χ3n) is 3.89. The summed E-state index contributed by atoms with van der Waals surface area (Å²) in [5.41, 5.74) is 0. The van der Waals surface area contributed by atoms with Gasteiger partial charge in [-0.25, -0.2) is 0 Å². The van der Waals surface area contributed by atoms with Crippen LogP contribution in [0.25, 0.3) is 0 Å². The summed E-state index contributed by atoms with van der Waals surface area (Å²) in [6.45, 7) is 1.97. The molecule has 0 aromatic heterocycles. The minimum atomic E-state index is -0.834. The zero-order chi connectivity index (χ0) is 12.6. The molecule has 0 aromatic carbocycles. The van der Waals surface area contributed by atoms with Crippen LogP contribution in [0.3, 0.4) is 0 Å². The van der Waals surface area contributed by atoms with E-state index in [4.69, 9.17) is 5.11 Å². The highest BCUT2D eigenvalue weighted by Gasteiger charge is 2.46. The molecular weight excluding hydrogens is 218 g/mol. The average molecular weight is 239 g/mol. The van der Waals surface area contributed by atoms with E-state index in [9.17, 15) is 9.59 Å². The van der Waals surface area contributed by atoms with Crippen molar-refractivity contribution in [1.29, 1.82) is 0 Å². The van der Waals surface area contributed by atoms with Gasteiger partial charge < -0.3 is 10.0 Å². The molecule has 2 rings (SSSR count). The first-order chi connectivity index (χ1) is 8.00. The van der Waals surface area contributed by atoms with Gasteiger partial charge in [-0.05, 0) is 37.5 Å². The smallest absolute Gasteiger partial charge is 0.308 e. The third kappa shape index (κ3) is 2.99. The minimum Gasteiger partial charge on any atom is -0.481 e. The van der Waals surface area contributed by atoms with Crippen LogP contribution in [0.5, 0.6) is 0 Å². The van der Waals surface area contributed by atoms with Gasteiger partial charge in [-0.3, -0.25) is 9.59 Å². The van der Waals surface area contributed by atoms with Crippen molar-refractivity contribution in [2.45, 2.75) is 32.6 Å². The minimum absolute atomic E-state index is 0.170. The van der Waals surface area contributed by atoms with Gasteiger partial charge in [0.1, 0.15) is 0 Å². The predicted octanol–water partition coefficient (Wildman–Crippen LogP) is 1.60. The maximum atomic E-state index is 12.3. The number of hydrogen-bond donors (Lipinski definition) is 1. The largest absolute Gasteiger partial charge is 0.481 e. The average Bonchev–Trinajstić information content (AvgIpc) is 3.11. The molecule has 0 aromatic rings. The number of carbonyl (C=O) groups is 2. The first kappa shape index (κ1) is 12.4. The molecule has 0 bridgehead atoms. The van der Waals surface area contributed by atoms with Gasteiger partial charge in [0.15, 0.2) is 0 Å². The molecule has 2 aliphatic rings. The molecule has 1 atom stereocenters. The summed E-state index contributed by atoms with van der Waals surface area (Å²) in [7, 11) is 1.74. The van der Waals surface area contributed by atoms with Crippen LogP contribution in [0.15, 0.2) is 0 Å². The van der Waals surface area contributed by atoms with E-state index in [1.165, 1.54) is 25.7 Å². The molecule has 2 saturated carbocycles. The van der Waals surface area contributed by atoms with E-state index in [1.54, 1.807) is 18.9 Å². The van der Waals surface area contributed by atoms with Crippen molar-refractivity contribution < 1.29 is 14.7 Å². The Labute approximate surface area is 102 Å². The fraction of sp³-hybridized carbons (Fsp3) is 0.846. The Kier molecular flexibility index (Phi) is 3.40. The predicted molar refractivity (Wildman–Crippen MR) is 63.4 cm³/mol. The topological polar surface area (TPSA) is 57.6 Å². The molecule has 96 valence electrons. The van der Waals surface area contributed by atoms with E-state index in [1.807, 2.05) is 0 Å². The van der Waals surface area contributed by atoms with Gasteiger partial charge in [-0.15, -0.1) is 0 Å². The van der Waals surface area contributed by atoms with E-state index >= 15 is 0 Å². The van der Waals surface area contributed by atoms with Crippen molar-refractivity contribution in [2.75, 3.05) is 13.6 Å². The molecule has 2 fully saturated rings. The van der Waals surface area contributed by atoms with E-state index in [2.05, 4.69) is 0 Å². The number of aliphatic carboxylic acids is 1. The molecular formula is C13H21NO3. The van der Waals surface area contributed by atoms with Crippen LogP contribution in [-0.2, 0) is 9.59 Å². The Bertz CT molecular complexity index is 309. The molecule has 0 spiro atoms. The van der Waals surface area contributed by atoms with Crippen LogP contribution in [0.1, 0.15) is 32.6 Å². The third-order valence-corrected chi connectivity index (χ3v) is 3.89. The van der Waals surface area contributed by atoms with Crippen molar-refractivity contribution in [1.82, 2.24) is 4.90 Å². The summed E-state index contributed by atoms with van der Waals surface area (Å²) in [6, 6.07) is 0. The van der Waals surface area contributed by atoms with Crippen LogP contribution < -0.4 is 0 Å². The first-order valence-corrected chi connectivity index (χ1v) is 6.48. The number of carboxylic acids is 1. The van der Waals surface area contributed by atoms with Gasteiger partial charge in [-0.2, -0.15) is 0 Å². The van der Waals surface area contributed by atoms with E-state index < -0.39 is 11.9 Å². The highest BCUT2D eigenvalue weighted by atomic mass is 16.4. The van der Waals surface area contributed by atoms with E-state index in [0.717, 1.165) is 0 Å². The zero-order valence-electron chi connectivity index (χ0n) is 10.6. The monoisotopic (exact) mass is 239 g/mol. The summed E-state index contributed by atoms with van der Waals surface area (Å²) >= 11 is 0. The van der Waals surface area contributed by atoms with E-state index in [-0.39, 0.29) is 11.8 Å². The van der Waals surface area contributed by atoms with Crippen molar-refractivity contribution in [3.05, 3.63) is 0 Å². The number of carboxylic acid groups (broad SMARTS) is 1. The van der Waals surface area contributed by atoms with Gasteiger partial charge in [0, 0.05) is 19.5 Å². The first-order valence-electron chi connectivity index (χ1n) is 6.48. The summed E-state index contributed by atoms with van der Waals surface area (Å²) in [5, 5.41) is 8.86. The van der Waals surface area contributed by atoms with Crippen molar-refractivity contribution >= 4 is 11.9 Å². The lowest BCUT2D eigenvalue weighted by molar-refractivity contribution is -0.143. The Hall–Kier alpha value is -1.06. The summed E-state index contributed by atoms with van der Waals surface area (Å²) in [4.78, 5) is 24.7. The summed E-state index contributed by atoms with van der Waals surface area (Å²) < 4.78 is 0. The van der Waals surface area contributed by atoms with Gasteiger partial charge in [0.05, 0.1) is 5.92 Å². The molecule has 0 aliphatic heterocycles. The summed E-state index contributed by atoms with van der Waals surface area (Å²) in [5.74, 6) is 0.196. The second-order valence-electron chi connectivity index (χ2n) is 5.66. The summed E-state index contributed by atoms with van der Waals surface area (Å²) in [6.07, 6.45) is 4.70. The number of hydrogen-bond acceptors (Lipinski definition) is 2. The molecule has 0 radical (unpaired) electrons. The van der Waals surface area contributed by atoms with Gasteiger partial charge in [-0.1, -0.05) is 6.92 Å². The lowest BCUT2D eigenvalue weighted by Gasteiger charge is -2.25. The molecule has 0 saturated heterocycles. The SMILES string of the molecule is CC(CN(C)C(=O)C(C1CC1)C1CC1)C(=O)O. The molecule has 17 heavy (non-hydrogen) atoms. The molecule has 0 heterocycles. The van der Waals surface area contributed by atoms with Gasteiger partial charge >= 0.3 is 5.97 Å². The molecule has 1 unspecified atom stereocenters. The van der Waals surface area contributed by atoms with Crippen molar-refractivity contribution in [3.8, 4) is 0 Å². The van der Waals surface area contributed by atoms with E-state index in [0.29, 0.717) is 18.4 Å². The Balaban J connectivity index is 1.90. The molecule has 4 heteroatoms. The number of carbonyl (C=O) groups excluding carboxylic acids is 1. The Morgan fingerprint density at radius 1 is 1.24 bits per heavy atom. The molecule has 2 aliphatic carbocycles. The van der Waals surface area contributed by atoms with Crippen LogP contribution >= 0.6 is 0 Å². The quantitative estimate of drug-likeness (QED) is 0.766.